The third kappa shape index (κ3) is 5.35. The molecule has 0 atom stereocenters. The standard InChI is InChI=1S/C33H34O8/c34-13-17-38-29-11-9-23(21-31(29)40-19-15-36)33(24-10-12-30(39-18-14-35)32(22-24)41-20-16-37)27-7-3-1-5-25(27)26-6-2-4-8-28(26)33/h1-12,21-22,34-37H,13-20H2. The van der Waals surface area contributed by atoms with Gasteiger partial charge in [0.05, 0.1) is 31.8 Å². The zero-order valence-electron chi connectivity index (χ0n) is 22.7. The molecule has 1 aliphatic rings. The number of hydrogen-bond donors (Lipinski definition) is 4. The van der Waals surface area contributed by atoms with Crippen LogP contribution in [0, 0.1) is 0 Å². The van der Waals surface area contributed by atoms with E-state index in [1.54, 1.807) is 0 Å². The molecule has 4 aromatic rings. The minimum Gasteiger partial charge on any atom is -0.487 e. The van der Waals surface area contributed by atoms with Gasteiger partial charge in [-0.05, 0) is 57.6 Å². The number of rotatable bonds is 14. The van der Waals surface area contributed by atoms with Gasteiger partial charge in [0.1, 0.15) is 26.4 Å². The summed E-state index contributed by atoms with van der Waals surface area (Å²) in [6.07, 6.45) is 0. The van der Waals surface area contributed by atoms with Crippen LogP contribution in [0.25, 0.3) is 11.1 Å². The molecule has 0 saturated heterocycles. The Morgan fingerprint density at radius 1 is 0.439 bits per heavy atom. The molecule has 41 heavy (non-hydrogen) atoms. The average molecular weight is 559 g/mol. The summed E-state index contributed by atoms with van der Waals surface area (Å²) in [5.41, 5.74) is 5.32. The van der Waals surface area contributed by atoms with Gasteiger partial charge >= 0.3 is 0 Å². The van der Waals surface area contributed by atoms with Crippen LogP contribution in [0.2, 0.25) is 0 Å². The molecule has 0 spiro atoms. The molecule has 0 saturated carbocycles. The fourth-order valence-electron chi connectivity index (χ4n) is 5.59. The average Bonchev–Trinajstić information content (AvgIpc) is 3.32. The molecule has 8 heteroatoms. The Kier molecular flexibility index (Phi) is 9.06. The molecule has 0 radical (unpaired) electrons. The molecule has 0 unspecified atom stereocenters. The van der Waals surface area contributed by atoms with E-state index in [0.29, 0.717) is 23.0 Å². The first-order valence-electron chi connectivity index (χ1n) is 13.6. The lowest BCUT2D eigenvalue weighted by Crippen LogP contribution is -2.29. The number of hydrogen-bond acceptors (Lipinski definition) is 8. The second kappa shape index (κ2) is 13.1. The molecule has 0 bridgehead atoms. The number of fused-ring (bicyclic) bond motifs is 3. The fraction of sp³-hybridized carbons (Fsp3) is 0.273. The molecule has 8 nitrogen and oxygen atoms in total. The summed E-state index contributed by atoms with van der Waals surface area (Å²) in [5.74, 6) is 1.83. The van der Waals surface area contributed by atoms with Gasteiger partial charge in [0, 0.05) is 0 Å². The number of benzene rings is 4. The predicted molar refractivity (Wildman–Crippen MR) is 154 cm³/mol. The van der Waals surface area contributed by atoms with Crippen molar-refractivity contribution in [2.45, 2.75) is 5.41 Å². The van der Waals surface area contributed by atoms with Crippen molar-refractivity contribution in [3.8, 4) is 34.1 Å². The second-order valence-corrected chi connectivity index (χ2v) is 9.45. The van der Waals surface area contributed by atoms with E-state index in [4.69, 9.17) is 18.9 Å². The largest absolute Gasteiger partial charge is 0.487 e. The zero-order valence-corrected chi connectivity index (χ0v) is 22.7. The van der Waals surface area contributed by atoms with Crippen LogP contribution in [-0.4, -0.2) is 73.3 Å². The smallest absolute Gasteiger partial charge is 0.161 e. The van der Waals surface area contributed by atoms with Crippen LogP contribution in [0.3, 0.4) is 0 Å². The minimum absolute atomic E-state index is 0.0785. The maximum absolute atomic E-state index is 9.49. The highest BCUT2D eigenvalue weighted by Crippen LogP contribution is 2.57. The van der Waals surface area contributed by atoms with Crippen molar-refractivity contribution >= 4 is 0 Å². The third-order valence-electron chi connectivity index (χ3n) is 7.10. The Morgan fingerprint density at radius 2 is 0.805 bits per heavy atom. The lowest BCUT2D eigenvalue weighted by atomic mass is 9.67. The Balaban J connectivity index is 1.79. The van der Waals surface area contributed by atoms with Gasteiger partial charge in [-0.15, -0.1) is 0 Å². The van der Waals surface area contributed by atoms with Crippen LogP contribution in [-0.2, 0) is 5.41 Å². The Hall–Kier alpha value is -4.08. The zero-order chi connectivity index (χ0) is 28.7. The molecule has 0 amide bonds. The van der Waals surface area contributed by atoms with Gasteiger partial charge in [-0.3, -0.25) is 0 Å². The number of aliphatic hydroxyl groups is 4. The van der Waals surface area contributed by atoms with Gasteiger partial charge in [-0.25, -0.2) is 0 Å². The summed E-state index contributed by atoms with van der Waals surface area (Å²) in [5, 5.41) is 37.6. The molecule has 4 aromatic carbocycles. The van der Waals surface area contributed by atoms with Crippen molar-refractivity contribution in [1.82, 2.24) is 0 Å². The Bertz CT molecular complexity index is 1360. The highest BCUT2D eigenvalue weighted by Gasteiger charge is 2.46. The molecule has 0 heterocycles. The van der Waals surface area contributed by atoms with Crippen LogP contribution >= 0.6 is 0 Å². The highest BCUT2D eigenvalue weighted by atomic mass is 16.5. The van der Waals surface area contributed by atoms with Crippen LogP contribution in [0.5, 0.6) is 23.0 Å². The van der Waals surface area contributed by atoms with Gasteiger partial charge in [0.2, 0.25) is 0 Å². The highest BCUT2D eigenvalue weighted by molar-refractivity contribution is 5.86. The normalized spacial score (nSPS) is 12.9. The monoisotopic (exact) mass is 558 g/mol. The van der Waals surface area contributed by atoms with E-state index in [9.17, 15) is 20.4 Å². The molecular weight excluding hydrogens is 524 g/mol. The Morgan fingerprint density at radius 3 is 1.20 bits per heavy atom. The topological polar surface area (TPSA) is 118 Å². The summed E-state index contributed by atoms with van der Waals surface area (Å²) in [6, 6.07) is 28.0. The summed E-state index contributed by atoms with van der Waals surface area (Å²) >= 11 is 0. The van der Waals surface area contributed by atoms with E-state index >= 15 is 0 Å². The van der Waals surface area contributed by atoms with Crippen molar-refractivity contribution in [3.05, 3.63) is 107 Å². The molecule has 214 valence electrons. The van der Waals surface area contributed by atoms with E-state index in [2.05, 4.69) is 24.3 Å². The van der Waals surface area contributed by atoms with E-state index < -0.39 is 5.41 Å². The van der Waals surface area contributed by atoms with E-state index in [1.807, 2.05) is 60.7 Å². The second-order valence-electron chi connectivity index (χ2n) is 9.45. The number of aliphatic hydroxyl groups excluding tert-OH is 4. The van der Waals surface area contributed by atoms with Crippen LogP contribution in [0.4, 0.5) is 0 Å². The summed E-state index contributed by atoms with van der Waals surface area (Å²) in [4.78, 5) is 0. The van der Waals surface area contributed by atoms with E-state index in [-0.39, 0.29) is 52.9 Å². The lowest BCUT2D eigenvalue weighted by Gasteiger charge is -2.34. The van der Waals surface area contributed by atoms with E-state index in [1.165, 1.54) is 0 Å². The first-order valence-corrected chi connectivity index (χ1v) is 13.6. The number of ether oxygens (including phenoxy) is 4. The fourth-order valence-corrected chi connectivity index (χ4v) is 5.59. The summed E-state index contributed by atoms with van der Waals surface area (Å²) < 4.78 is 23.4. The Labute approximate surface area is 239 Å². The van der Waals surface area contributed by atoms with Crippen LogP contribution in [0.1, 0.15) is 22.3 Å². The van der Waals surface area contributed by atoms with Crippen molar-refractivity contribution in [2.75, 3.05) is 52.9 Å². The minimum atomic E-state index is -0.799. The van der Waals surface area contributed by atoms with Crippen molar-refractivity contribution in [2.24, 2.45) is 0 Å². The molecule has 0 aliphatic heterocycles. The summed E-state index contributed by atoms with van der Waals surface area (Å²) in [7, 11) is 0. The summed E-state index contributed by atoms with van der Waals surface area (Å²) in [6.45, 7) is -0.258. The van der Waals surface area contributed by atoms with Gasteiger partial charge in [-0.1, -0.05) is 60.7 Å². The van der Waals surface area contributed by atoms with Gasteiger partial charge in [0.25, 0.3) is 0 Å². The lowest BCUT2D eigenvalue weighted by molar-refractivity contribution is 0.178. The van der Waals surface area contributed by atoms with E-state index in [0.717, 1.165) is 33.4 Å². The van der Waals surface area contributed by atoms with Crippen molar-refractivity contribution in [3.63, 3.8) is 0 Å². The van der Waals surface area contributed by atoms with Gasteiger partial charge in [-0.2, -0.15) is 0 Å². The SMILES string of the molecule is OCCOc1ccc(C2(c3ccc(OCCO)c(OCCO)c3)c3ccccc3-c3ccccc32)cc1OCCO. The molecular formula is C33H34O8. The maximum Gasteiger partial charge on any atom is 0.161 e. The maximum atomic E-state index is 9.49. The van der Waals surface area contributed by atoms with Crippen molar-refractivity contribution in [1.29, 1.82) is 0 Å². The molecule has 5 rings (SSSR count). The molecule has 1 aliphatic carbocycles. The van der Waals surface area contributed by atoms with Gasteiger partial charge in [0.15, 0.2) is 23.0 Å². The molecule has 0 aromatic heterocycles. The predicted octanol–water partition coefficient (Wildman–Crippen LogP) is 3.53. The first-order chi connectivity index (χ1) is 20.2. The molecule has 0 fully saturated rings. The van der Waals surface area contributed by atoms with Crippen molar-refractivity contribution < 1.29 is 39.4 Å². The van der Waals surface area contributed by atoms with Gasteiger partial charge < -0.3 is 39.4 Å². The quantitative estimate of drug-likeness (QED) is 0.164. The van der Waals surface area contributed by atoms with Crippen LogP contribution in [0.15, 0.2) is 84.9 Å². The third-order valence-corrected chi connectivity index (χ3v) is 7.10. The first kappa shape index (κ1) is 28.4. The molecule has 4 N–H and O–H groups in total. The van der Waals surface area contributed by atoms with Crippen LogP contribution < -0.4 is 18.9 Å².